The van der Waals surface area contributed by atoms with Crippen molar-refractivity contribution >= 4 is 0 Å². The van der Waals surface area contributed by atoms with E-state index in [0.29, 0.717) is 12.5 Å². The van der Waals surface area contributed by atoms with E-state index in [1.54, 1.807) is 6.20 Å². The molecule has 1 N–H and O–H groups in total. The molecule has 0 amide bonds. The first-order valence-electron chi connectivity index (χ1n) is 6.00. The van der Waals surface area contributed by atoms with Gasteiger partial charge in [-0.15, -0.1) is 0 Å². The molecule has 4 nitrogen and oxygen atoms in total. The number of rotatable bonds is 6. The van der Waals surface area contributed by atoms with Gasteiger partial charge in [-0.3, -0.25) is 4.68 Å². The molecule has 0 saturated heterocycles. The second-order valence-corrected chi connectivity index (χ2v) is 4.60. The minimum atomic E-state index is 0.661. The average Bonchev–Trinajstić information content (AvgIpc) is 2.90. The lowest BCUT2D eigenvalue weighted by molar-refractivity contribution is 0.423. The minimum Gasteiger partial charge on any atom is -0.463 e. The van der Waals surface area contributed by atoms with Gasteiger partial charge < -0.3 is 9.73 Å². The normalized spacial score (nSPS) is 11.2. The SMILES string of the molecule is CC(C)CNCc1ccc(Cn2cccn2)o1. The predicted octanol–water partition coefficient (Wildman–Crippen LogP) is 2.27. The van der Waals surface area contributed by atoms with Crippen LogP contribution in [0.2, 0.25) is 0 Å². The molecule has 0 aliphatic carbocycles. The van der Waals surface area contributed by atoms with Gasteiger partial charge in [-0.1, -0.05) is 13.8 Å². The van der Waals surface area contributed by atoms with Gasteiger partial charge >= 0.3 is 0 Å². The van der Waals surface area contributed by atoms with Gasteiger partial charge in [0.05, 0.1) is 13.1 Å². The van der Waals surface area contributed by atoms with Crippen molar-refractivity contribution in [3.8, 4) is 0 Å². The van der Waals surface area contributed by atoms with Crippen LogP contribution in [0.25, 0.3) is 0 Å². The molecule has 0 unspecified atom stereocenters. The summed E-state index contributed by atoms with van der Waals surface area (Å²) in [6.07, 6.45) is 3.70. The van der Waals surface area contributed by atoms with Crippen molar-refractivity contribution in [1.82, 2.24) is 15.1 Å². The molecule has 0 aliphatic rings. The Morgan fingerprint density at radius 2 is 2.18 bits per heavy atom. The summed E-state index contributed by atoms with van der Waals surface area (Å²) in [6, 6.07) is 5.94. The lowest BCUT2D eigenvalue weighted by atomic mass is 10.2. The maximum atomic E-state index is 5.72. The molecule has 0 spiro atoms. The van der Waals surface area contributed by atoms with E-state index in [-0.39, 0.29) is 0 Å². The number of hydrogen-bond donors (Lipinski definition) is 1. The summed E-state index contributed by atoms with van der Waals surface area (Å²) >= 11 is 0. The second-order valence-electron chi connectivity index (χ2n) is 4.60. The number of nitrogens with one attached hydrogen (secondary N) is 1. The zero-order valence-electron chi connectivity index (χ0n) is 10.4. The van der Waals surface area contributed by atoms with Crippen molar-refractivity contribution in [1.29, 1.82) is 0 Å². The van der Waals surface area contributed by atoms with Crippen LogP contribution in [-0.2, 0) is 13.1 Å². The highest BCUT2D eigenvalue weighted by Gasteiger charge is 2.03. The van der Waals surface area contributed by atoms with Crippen LogP contribution in [0, 0.1) is 5.92 Å². The fourth-order valence-electron chi connectivity index (χ4n) is 1.64. The average molecular weight is 233 g/mol. The van der Waals surface area contributed by atoms with Crippen LogP contribution in [0.1, 0.15) is 25.4 Å². The first-order chi connectivity index (χ1) is 8.24. The molecule has 92 valence electrons. The molecule has 0 aliphatic heterocycles. The van der Waals surface area contributed by atoms with E-state index in [1.165, 1.54) is 0 Å². The predicted molar refractivity (Wildman–Crippen MR) is 66.6 cm³/mol. The maximum absolute atomic E-state index is 5.72. The van der Waals surface area contributed by atoms with Crippen LogP contribution in [0.4, 0.5) is 0 Å². The Labute approximate surface area is 102 Å². The standard InChI is InChI=1S/C13H19N3O/c1-11(2)8-14-9-12-4-5-13(17-12)10-16-7-3-6-15-16/h3-7,11,14H,8-10H2,1-2H3. The molecule has 4 heteroatoms. The quantitative estimate of drug-likeness (QED) is 0.832. The first kappa shape index (κ1) is 11.9. The van der Waals surface area contributed by atoms with Gasteiger partial charge in [-0.25, -0.2) is 0 Å². The van der Waals surface area contributed by atoms with Crippen molar-refractivity contribution < 1.29 is 4.42 Å². The van der Waals surface area contributed by atoms with Gasteiger partial charge in [-0.2, -0.15) is 5.10 Å². The maximum Gasteiger partial charge on any atom is 0.125 e. The molecule has 0 bridgehead atoms. The van der Waals surface area contributed by atoms with E-state index in [0.717, 1.165) is 24.6 Å². The van der Waals surface area contributed by atoms with Crippen LogP contribution < -0.4 is 5.32 Å². The van der Waals surface area contributed by atoms with Gasteiger partial charge in [0, 0.05) is 12.4 Å². The Bertz CT molecular complexity index is 431. The van der Waals surface area contributed by atoms with Crippen molar-refractivity contribution in [3.05, 3.63) is 42.1 Å². The van der Waals surface area contributed by atoms with Crippen LogP contribution in [-0.4, -0.2) is 16.3 Å². The molecule has 0 radical (unpaired) electrons. The molecule has 0 aromatic carbocycles. The monoisotopic (exact) mass is 233 g/mol. The summed E-state index contributed by atoms with van der Waals surface area (Å²) < 4.78 is 7.57. The molecule has 2 rings (SSSR count). The molecule has 2 aromatic rings. The topological polar surface area (TPSA) is 43.0 Å². The Kier molecular flexibility index (Phi) is 3.98. The first-order valence-corrected chi connectivity index (χ1v) is 6.00. The molecular formula is C13H19N3O. The third kappa shape index (κ3) is 3.75. The van der Waals surface area contributed by atoms with E-state index in [9.17, 15) is 0 Å². The third-order valence-corrected chi connectivity index (χ3v) is 2.45. The number of aromatic nitrogens is 2. The number of hydrogen-bond acceptors (Lipinski definition) is 3. The summed E-state index contributed by atoms with van der Waals surface area (Å²) in [5, 5.41) is 7.50. The van der Waals surface area contributed by atoms with Crippen molar-refractivity contribution in [2.45, 2.75) is 26.9 Å². The molecule has 2 heterocycles. The number of nitrogens with zero attached hydrogens (tertiary/aromatic N) is 2. The van der Waals surface area contributed by atoms with Gasteiger partial charge in [0.15, 0.2) is 0 Å². The lowest BCUT2D eigenvalue weighted by Gasteiger charge is -2.05. The summed E-state index contributed by atoms with van der Waals surface area (Å²) in [4.78, 5) is 0. The molecule has 17 heavy (non-hydrogen) atoms. The summed E-state index contributed by atoms with van der Waals surface area (Å²) in [6.45, 7) is 6.88. The van der Waals surface area contributed by atoms with Crippen molar-refractivity contribution in [2.75, 3.05) is 6.54 Å². The summed E-state index contributed by atoms with van der Waals surface area (Å²) in [5.41, 5.74) is 0. The zero-order chi connectivity index (χ0) is 12.1. The Morgan fingerprint density at radius 1 is 1.35 bits per heavy atom. The van der Waals surface area contributed by atoms with Gasteiger partial charge in [0.2, 0.25) is 0 Å². The van der Waals surface area contributed by atoms with Crippen LogP contribution >= 0.6 is 0 Å². The summed E-state index contributed by atoms with van der Waals surface area (Å²) in [5.74, 6) is 2.58. The van der Waals surface area contributed by atoms with Crippen LogP contribution in [0.5, 0.6) is 0 Å². The second kappa shape index (κ2) is 5.68. The van der Waals surface area contributed by atoms with Gasteiger partial charge in [0.25, 0.3) is 0 Å². The number of furan rings is 1. The largest absolute Gasteiger partial charge is 0.463 e. The van der Waals surface area contributed by atoms with Crippen LogP contribution in [0.3, 0.4) is 0 Å². The Hall–Kier alpha value is -1.55. The Balaban J connectivity index is 1.83. The van der Waals surface area contributed by atoms with Gasteiger partial charge in [0.1, 0.15) is 11.5 Å². The fourth-order valence-corrected chi connectivity index (χ4v) is 1.64. The van der Waals surface area contributed by atoms with Crippen molar-refractivity contribution in [2.24, 2.45) is 5.92 Å². The zero-order valence-corrected chi connectivity index (χ0v) is 10.4. The third-order valence-electron chi connectivity index (χ3n) is 2.45. The highest BCUT2D eigenvalue weighted by Crippen LogP contribution is 2.09. The highest BCUT2D eigenvalue weighted by atomic mass is 16.3. The molecule has 0 fully saturated rings. The Morgan fingerprint density at radius 3 is 2.88 bits per heavy atom. The van der Waals surface area contributed by atoms with E-state index >= 15 is 0 Å². The highest BCUT2D eigenvalue weighted by molar-refractivity contribution is 5.07. The molecular weight excluding hydrogens is 214 g/mol. The van der Waals surface area contributed by atoms with E-state index in [4.69, 9.17) is 4.42 Å². The smallest absolute Gasteiger partial charge is 0.125 e. The molecule has 2 aromatic heterocycles. The summed E-state index contributed by atoms with van der Waals surface area (Å²) in [7, 11) is 0. The van der Waals surface area contributed by atoms with E-state index in [1.807, 2.05) is 29.1 Å². The van der Waals surface area contributed by atoms with Crippen molar-refractivity contribution in [3.63, 3.8) is 0 Å². The molecule has 0 saturated carbocycles. The molecule has 0 atom stereocenters. The minimum absolute atomic E-state index is 0.661. The van der Waals surface area contributed by atoms with Gasteiger partial charge in [-0.05, 0) is 30.7 Å². The van der Waals surface area contributed by atoms with E-state index in [2.05, 4.69) is 24.3 Å². The fraction of sp³-hybridized carbons (Fsp3) is 0.462. The van der Waals surface area contributed by atoms with Crippen LogP contribution in [0.15, 0.2) is 35.0 Å². The lowest BCUT2D eigenvalue weighted by Crippen LogP contribution is -2.18. The van der Waals surface area contributed by atoms with E-state index < -0.39 is 0 Å².